The van der Waals surface area contributed by atoms with Crippen molar-refractivity contribution in [3.05, 3.63) is 0 Å². The van der Waals surface area contributed by atoms with Gasteiger partial charge in [-0.1, -0.05) is 19.8 Å². The number of hydrogen-bond donors (Lipinski definition) is 2. The quantitative estimate of drug-likeness (QED) is 0.427. The predicted molar refractivity (Wildman–Crippen MR) is 75.7 cm³/mol. The Morgan fingerprint density at radius 3 is 2.67 bits per heavy atom. The zero-order valence-corrected chi connectivity index (χ0v) is 12.2. The largest absolute Gasteiger partial charge is 0.356 e. The fraction of sp³-hybridized carbons (Fsp3) is 0.917. The Labute approximate surface area is 110 Å². The third-order valence-corrected chi connectivity index (χ3v) is 5.02. The summed E-state index contributed by atoms with van der Waals surface area (Å²) in [6, 6.07) is 0. The number of sulfone groups is 1. The van der Waals surface area contributed by atoms with E-state index in [2.05, 4.69) is 22.5 Å². The van der Waals surface area contributed by atoms with Gasteiger partial charge < -0.3 is 10.6 Å². The average molecular weight is 275 g/mol. The molecule has 0 saturated carbocycles. The highest BCUT2D eigenvalue weighted by molar-refractivity contribution is 7.91. The molecule has 106 valence electrons. The lowest BCUT2D eigenvalue weighted by atomic mass is 10.1. The summed E-state index contributed by atoms with van der Waals surface area (Å²) >= 11 is 0. The monoisotopic (exact) mass is 275 g/mol. The normalized spacial score (nSPS) is 23.0. The van der Waals surface area contributed by atoms with E-state index in [-0.39, 0.29) is 5.92 Å². The molecule has 0 aliphatic carbocycles. The van der Waals surface area contributed by atoms with Gasteiger partial charge in [0.1, 0.15) is 0 Å². The molecule has 1 fully saturated rings. The van der Waals surface area contributed by atoms with Crippen LogP contribution < -0.4 is 10.6 Å². The first kappa shape index (κ1) is 15.3. The average Bonchev–Trinajstić information content (AvgIpc) is 2.68. The lowest BCUT2D eigenvalue weighted by molar-refractivity contribution is 0.565. The van der Waals surface area contributed by atoms with E-state index >= 15 is 0 Å². The highest BCUT2D eigenvalue weighted by Crippen LogP contribution is 2.17. The van der Waals surface area contributed by atoms with E-state index < -0.39 is 9.84 Å². The fourth-order valence-corrected chi connectivity index (χ4v) is 3.94. The molecular weight excluding hydrogens is 250 g/mol. The molecule has 1 aliphatic heterocycles. The Morgan fingerprint density at radius 1 is 1.33 bits per heavy atom. The molecule has 1 aliphatic rings. The molecule has 6 heteroatoms. The molecule has 5 nitrogen and oxygen atoms in total. The summed E-state index contributed by atoms with van der Waals surface area (Å²) in [6.07, 6.45) is 4.32. The van der Waals surface area contributed by atoms with Gasteiger partial charge in [0.2, 0.25) is 0 Å². The molecule has 0 radical (unpaired) electrons. The van der Waals surface area contributed by atoms with E-state index in [1.165, 1.54) is 12.8 Å². The van der Waals surface area contributed by atoms with Crippen LogP contribution in [0.3, 0.4) is 0 Å². The number of rotatable bonds is 6. The molecule has 0 spiro atoms. The van der Waals surface area contributed by atoms with Gasteiger partial charge in [0.05, 0.1) is 11.5 Å². The molecule has 1 rings (SSSR count). The van der Waals surface area contributed by atoms with Crippen LogP contribution in [-0.4, -0.2) is 46.0 Å². The van der Waals surface area contributed by atoms with Crippen molar-refractivity contribution in [2.75, 3.05) is 31.6 Å². The third kappa shape index (κ3) is 5.71. The molecular formula is C12H25N3O2S. The molecule has 1 atom stereocenters. The molecule has 0 aromatic carbocycles. The molecule has 0 amide bonds. The molecule has 1 saturated heterocycles. The van der Waals surface area contributed by atoms with E-state index in [0.29, 0.717) is 18.1 Å². The van der Waals surface area contributed by atoms with Crippen molar-refractivity contribution < 1.29 is 8.42 Å². The smallest absolute Gasteiger partial charge is 0.190 e. The highest BCUT2D eigenvalue weighted by atomic mass is 32.2. The zero-order chi connectivity index (χ0) is 13.4. The van der Waals surface area contributed by atoms with Gasteiger partial charge in [-0.2, -0.15) is 0 Å². The van der Waals surface area contributed by atoms with Crippen molar-refractivity contribution in [2.24, 2.45) is 10.9 Å². The molecule has 1 unspecified atom stereocenters. The summed E-state index contributed by atoms with van der Waals surface area (Å²) in [7, 11) is -1.04. The number of hydrogen-bond acceptors (Lipinski definition) is 3. The van der Waals surface area contributed by atoms with Crippen LogP contribution >= 0.6 is 0 Å². The maximum atomic E-state index is 11.3. The molecule has 0 aromatic heterocycles. The molecule has 0 aromatic rings. The Balaban J connectivity index is 2.20. The number of nitrogens with zero attached hydrogens (tertiary/aromatic N) is 1. The zero-order valence-electron chi connectivity index (χ0n) is 11.4. The minimum atomic E-state index is -2.77. The Kier molecular flexibility index (Phi) is 6.46. The molecule has 2 N–H and O–H groups in total. The van der Waals surface area contributed by atoms with Gasteiger partial charge in [-0.3, -0.25) is 4.99 Å². The second-order valence-electron chi connectivity index (χ2n) is 4.86. The lowest BCUT2D eigenvalue weighted by Crippen LogP contribution is -2.40. The van der Waals surface area contributed by atoms with Crippen LogP contribution in [0.2, 0.25) is 0 Å². The van der Waals surface area contributed by atoms with Crippen LogP contribution in [-0.2, 0) is 9.84 Å². The molecule has 0 bridgehead atoms. The summed E-state index contributed by atoms with van der Waals surface area (Å²) in [4.78, 5) is 4.13. The van der Waals surface area contributed by atoms with Gasteiger partial charge in [-0.05, 0) is 18.8 Å². The van der Waals surface area contributed by atoms with Gasteiger partial charge >= 0.3 is 0 Å². The second kappa shape index (κ2) is 7.61. The van der Waals surface area contributed by atoms with Crippen LogP contribution in [0.15, 0.2) is 4.99 Å². The molecule has 18 heavy (non-hydrogen) atoms. The first-order valence-corrected chi connectivity index (χ1v) is 8.54. The number of unbranched alkanes of at least 4 members (excludes halogenated alkanes) is 2. The maximum absolute atomic E-state index is 11.3. The van der Waals surface area contributed by atoms with Crippen molar-refractivity contribution in [2.45, 2.75) is 32.6 Å². The van der Waals surface area contributed by atoms with Crippen molar-refractivity contribution in [3.63, 3.8) is 0 Å². The fourth-order valence-electron chi connectivity index (χ4n) is 2.08. The van der Waals surface area contributed by atoms with Crippen molar-refractivity contribution in [1.82, 2.24) is 10.6 Å². The van der Waals surface area contributed by atoms with Crippen LogP contribution in [0.4, 0.5) is 0 Å². The highest BCUT2D eigenvalue weighted by Gasteiger charge is 2.27. The SMILES string of the molecule is CCCCCNC(=NC)NCC1CCS(=O)(=O)C1. The van der Waals surface area contributed by atoms with E-state index in [0.717, 1.165) is 25.3 Å². The van der Waals surface area contributed by atoms with Gasteiger partial charge in [-0.25, -0.2) is 8.42 Å². The van der Waals surface area contributed by atoms with E-state index in [4.69, 9.17) is 0 Å². The van der Waals surface area contributed by atoms with E-state index in [9.17, 15) is 8.42 Å². The number of guanidine groups is 1. The maximum Gasteiger partial charge on any atom is 0.190 e. The van der Waals surface area contributed by atoms with Gasteiger partial charge in [0, 0.05) is 20.1 Å². The summed E-state index contributed by atoms with van der Waals surface area (Å²) < 4.78 is 22.7. The summed E-state index contributed by atoms with van der Waals surface area (Å²) in [5, 5.41) is 6.44. The van der Waals surface area contributed by atoms with E-state index in [1.54, 1.807) is 7.05 Å². The Morgan fingerprint density at radius 2 is 2.11 bits per heavy atom. The predicted octanol–water partition coefficient (Wildman–Crippen LogP) is 0.776. The summed E-state index contributed by atoms with van der Waals surface area (Å²) in [5.74, 6) is 1.65. The topological polar surface area (TPSA) is 70.6 Å². The van der Waals surface area contributed by atoms with Crippen LogP contribution in [0.5, 0.6) is 0 Å². The second-order valence-corrected chi connectivity index (χ2v) is 7.08. The van der Waals surface area contributed by atoms with Gasteiger partial charge in [0.25, 0.3) is 0 Å². The standard InChI is InChI=1S/C12H25N3O2S/c1-3-4-5-7-14-12(13-2)15-9-11-6-8-18(16,17)10-11/h11H,3-10H2,1-2H3,(H2,13,14,15). The van der Waals surface area contributed by atoms with E-state index in [1.807, 2.05) is 0 Å². The first-order chi connectivity index (χ1) is 8.57. The summed E-state index contributed by atoms with van der Waals surface area (Å²) in [5.41, 5.74) is 0. The van der Waals surface area contributed by atoms with Crippen LogP contribution in [0, 0.1) is 5.92 Å². The minimum absolute atomic E-state index is 0.226. The van der Waals surface area contributed by atoms with Gasteiger partial charge in [-0.15, -0.1) is 0 Å². The lowest BCUT2D eigenvalue weighted by Gasteiger charge is -2.14. The van der Waals surface area contributed by atoms with Crippen molar-refractivity contribution >= 4 is 15.8 Å². The minimum Gasteiger partial charge on any atom is -0.356 e. The first-order valence-electron chi connectivity index (χ1n) is 6.72. The number of nitrogens with one attached hydrogen (secondary N) is 2. The van der Waals surface area contributed by atoms with Crippen molar-refractivity contribution in [1.29, 1.82) is 0 Å². The number of aliphatic imine (C=N–C) groups is 1. The van der Waals surface area contributed by atoms with Crippen LogP contribution in [0.1, 0.15) is 32.6 Å². The Hall–Kier alpha value is -0.780. The van der Waals surface area contributed by atoms with Crippen molar-refractivity contribution in [3.8, 4) is 0 Å². The Bertz CT molecular complexity index is 366. The molecule has 1 heterocycles. The van der Waals surface area contributed by atoms with Gasteiger partial charge in [0.15, 0.2) is 15.8 Å². The third-order valence-electron chi connectivity index (χ3n) is 3.18. The summed E-state index contributed by atoms with van der Waals surface area (Å²) in [6.45, 7) is 3.77. The van der Waals surface area contributed by atoms with Crippen LogP contribution in [0.25, 0.3) is 0 Å².